The van der Waals surface area contributed by atoms with Gasteiger partial charge in [-0.2, -0.15) is 0 Å². The molecule has 0 aliphatic carbocycles. The molecule has 21 heavy (non-hydrogen) atoms. The molecule has 0 amide bonds. The number of nitrogens with zero attached hydrogens (tertiary/aromatic N) is 2. The van der Waals surface area contributed by atoms with Crippen LogP contribution in [0.15, 0.2) is 12.1 Å². The number of likely N-dealkylation sites (N-methyl/N-ethyl adjacent to an activating group) is 1. The number of halogens is 2. The van der Waals surface area contributed by atoms with Gasteiger partial charge in [-0.15, -0.1) is 0 Å². The molecule has 2 rings (SSSR count). The maximum Gasteiger partial charge on any atom is 0.155 e. The highest BCUT2D eigenvalue weighted by molar-refractivity contribution is 14.1. The van der Waals surface area contributed by atoms with Crippen molar-refractivity contribution < 1.29 is 5.11 Å². The molecule has 1 aromatic carbocycles. The normalized spacial score (nSPS) is 11.5. The lowest BCUT2D eigenvalue weighted by molar-refractivity contribution is 0.411. The third-order valence-corrected chi connectivity index (χ3v) is 4.60. The summed E-state index contributed by atoms with van der Waals surface area (Å²) >= 11 is 8.41. The number of aromatic nitrogens is 1. The predicted octanol–water partition coefficient (Wildman–Crippen LogP) is 4.26. The summed E-state index contributed by atoms with van der Waals surface area (Å²) in [4.78, 5) is 6.86. The Morgan fingerprint density at radius 2 is 2.00 bits per heavy atom. The molecule has 1 N–H and O–H groups in total. The van der Waals surface area contributed by atoms with Crippen LogP contribution in [-0.4, -0.2) is 35.6 Å². The second-order valence-corrected chi connectivity index (χ2v) is 7.05. The Hall–Kier alpha value is -0.590. The van der Waals surface area contributed by atoms with Gasteiger partial charge in [-0.05, 0) is 60.8 Å². The lowest BCUT2D eigenvalue weighted by atomic mass is 10.0. The molecular formula is C16H20ClIN2O. The highest BCUT2D eigenvalue weighted by atomic mass is 127. The topological polar surface area (TPSA) is 36.4 Å². The fourth-order valence-electron chi connectivity index (χ4n) is 2.36. The average molecular weight is 419 g/mol. The molecule has 2 aromatic rings. The van der Waals surface area contributed by atoms with Crippen molar-refractivity contribution in [3.05, 3.63) is 32.0 Å². The van der Waals surface area contributed by atoms with E-state index in [1.807, 2.05) is 0 Å². The summed E-state index contributed by atoms with van der Waals surface area (Å²) in [7, 11) is 4.11. The van der Waals surface area contributed by atoms with Gasteiger partial charge in [0.1, 0.15) is 5.52 Å². The molecule has 0 atom stereocenters. The number of phenolic OH excluding ortho intramolecular Hbond substituents is 1. The molecule has 5 heteroatoms. The second kappa shape index (κ2) is 7.11. The Morgan fingerprint density at radius 1 is 1.29 bits per heavy atom. The number of pyridine rings is 1. The Labute approximate surface area is 144 Å². The van der Waals surface area contributed by atoms with E-state index in [2.05, 4.69) is 54.6 Å². The zero-order valence-corrected chi connectivity index (χ0v) is 15.5. The lowest BCUT2D eigenvalue weighted by Gasteiger charge is -2.14. The molecule has 0 fully saturated rings. The van der Waals surface area contributed by atoms with E-state index < -0.39 is 0 Å². The summed E-state index contributed by atoms with van der Waals surface area (Å²) in [5, 5.41) is 11.8. The first-order valence-corrected chi connectivity index (χ1v) is 8.54. The van der Waals surface area contributed by atoms with E-state index in [9.17, 15) is 5.11 Å². The SMILES string of the molecule is CCCc1cc2c(Cl)cc(I)c(O)c2nc1CCN(C)C. The monoisotopic (exact) mass is 418 g/mol. The molecule has 0 bridgehead atoms. The molecule has 0 saturated heterocycles. The zero-order valence-electron chi connectivity index (χ0n) is 12.6. The molecule has 0 spiro atoms. The molecule has 0 radical (unpaired) electrons. The number of hydrogen-bond acceptors (Lipinski definition) is 3. The van der Waals surface area contributed by atoms with E-state index in [-0.39, 0.29) is 5.75 Å². The third kappa shape index (κ3) is 3.79. The number of aromatic hydroxyl groups is 1. The van der Waals surface area contributed by atoms with Crippen molar-refractivity contribution in [1.82, 2.24) is 9.88 Å². The minimum absolute atomic E-state index is 0.226. The Kier molecular flexibility index (Phi) is 5.68. The fourth-order valence-corrected chi connectivity index (χ4v) is 3.36. The van der Waals surface area contributed by atoms with Crippen molar-refractivity contribution in [3.8, 4) is 5.75 Å². The van der Waals surface area contributed by atoms with Gasteiger partial charge in [-0.3, -0.25) is 0 Å². The molecule has 1 aromatic heterocycles. The smallest absolute Gasteiger partial charge is 0.155 e. The highest BCUT2D eigenvalue weighted by Crippen LogP contribution is 2.35. The summed E-state index contributed by atoms with van der Waals surface area (Å²) in [5.74, 6) is 0.226. The molecule has 114 valence electrons. The van der Waals surface area contributed by atoms with E-state index >= 15 is 0 Å². The van der Waals surface area contributed by atoms with Crippen molar-refractivity contribution in [2.45, 2.75) is 26.2 Å². The minimum atomic E-state index is 0.226. The first-order chi connectivity index (χ1) is 9.93. The van der Waals surface area contributed by atoms with Gasteiger partial charge in [0, 0.05) is 24.0 Å². The van der Waals surface area contributed by atoms with Crippen LogP contribution in [0.5, 0.6) is 5.75 Å². The van der Waals surface area contributed by atoms with Crippen molar-refractivity contribution >= 4 is 45.1 Å². The molecular weight excluding hydrogens is 399 g/mol. The standard InChI is InChI=1S/C16H20ClIN2O/c1-4-5-10-8-11-12(17)9-13(18)16(21)15(11)19-14(10)6-7-20(2)3/h8-9,21H,4-7H2,1-3H3. The summed E-state index contributed by atoms with van der Waals surface area (Å²) in [6, 6.07) is 3.88. The number of rotatable bonds is 5. The molecule has 0 saturated carbocycles. The zero-order chi connectivity index (χ0) is 15.6. The van der Waals surface area contributed by atoms with Gasteiger partial charge in [0.05, 0.1) is 8.59 Å². The van der Waals surface area contributed by atoms with E-state index in [4.69, 9.17) is 16.6 Å². The van der Waals surface area contributed by atoms with Crippen molar-refractivity contribution in [2.24, 2.45) is 0 Å². The van der Waals surface area contributed by atoms with Gasteiger partial charge in [0.15, 0.2) is 5.75 Å². The van der Waals surface area contributed by atoms with Crippen LogP contribution in [-0.2, 0) is 12.8 Å². The molecule has 0 aliphatic heterocycles. The van der Waals surface area contributed by atoms with Crippen molar-refractivity contribution in [1.29, 1.82) is 0 Å². The summed E-state index contributed by atoms with van der Waals surface area (Å²) in [5.41, 5.74) is 2.90. The first kappa shape index (κ1) is 16.8. The minimum Gasteiger partial charge on any atom is -0.505 e. The molecule has 3 nitrogen and oxygen atoms in total. The Balaban J connectivity index is 2.59. The average Bonchev–Trinajstić information content (AvgIpc) is 2.43. The van der Waals surface area contributed by atoms with Crippen LogP contribution < -0.4 is 0 Å². The van der Waals surface area contributed by atoms with E-state index in [0.29, 0.717) is 10.5 Å². The summed E-state index contributed by atoms with van der Waals surface area (Å²) < 4.78 is 0.736. The summed E-state index contributed by atoms with van der Waals surface area (Å²) in [6.45, 7) is 3.10. The highest BCUT2D eigenvalue weighted by Gasteiger charge is 2.14. The maximum atomic E-state index is 10.3. The fraction of sp³-hybridized carbons (Fsp3) is 0.438. The quantitative estimate of drug-likeness (QED) is 0.737. The molecule has 0 unspecified atom stereocenters. The van der Waals surface area contributed by atoms with E-state index in [1.165, 1.54) is 5.56 Å². The van der Waals surface area contributed by atoms with Crippen LogP contribution in [0.1, 0.15) is 24.6 Å². The number of aryl methyl sites for hydroxylation is 1. The number of phenols is 1. The van der Waals surface area contributed by atoms with Crippen molar-refractivity contribution in [3.63, 3.8) is 0 Å². The van der Waals surface area contributed by atoms with Gasteiger partial charge in [0.2, 0.25) is 0 Å². The van der Waals surface area contributed by atoms with Gasteiger partial charge >= 0.3 is 0 Å². The van der Waals surface area contributed by atoms with Gasteiger partial charge in [0.25, 0.3) is 0 Å². The predicted molar refractivity (Wildman–Crippen MR) is 97.4 cm³/mol. The number of hydrogen-bond donors (Lipinski definition) is 1. The van der Waals surface area contributed by atoms with Crippen LogP contribution in [0, 0.1) is 3.57 Å². The van der Waals surface area contributed by atoms with Crippen molar-refractivity contribution in [2.75, 3.05) is 20.6 Å². The number of benzene rings is 1. The summed E-state index contributed by atoms with van der Waals surface area (Å²) in [6.07, 6.45) is 2.92. The maximum absolute atomic E-state index is 10.3. The van der Waals surface area contributed by atoms with Gasteiger partial charge in [-0.1, -0.05) is 24.9 Å². The van der Waals surface area contributed by atoms with E-state index in [0.717, 1.165) is 40.5 Å². The Morgan fingerprint density at radius 3 is 2.62 bits per heavy atom. The molecule has 1 heterocycles. The largest absolute Gasteiger partial charge is 0.505 e. The number of fused-ring (bicyclic) bond motifs is 1. The van der Waals surface area contributed by atoms with Crippen LogP contribution in [0.4, 0.5) is 0 Å². The Bertz CT molecular complexity index is 659. The first-order valence-electron chi connectivity index (χ1n) is 7.08. The third-order valence-electron chi connectivity index (χ3n) is 3.47. The molecule has 0 aliphatic rings. The van der Waals surface area contributed by atoms with Crippen LogP contribution in [0.2, 0.25) is 5.02 Å². The van der Waals surface area contributed by atoms with E-state index in [1.54, 1.807) is 6.07 Å². The van der Waals surface area contributed by atoms with Crippen LogP contribution in [0.3, 0.4) is 0 Å². The van der Waals surface area contributed by atoms with Gasteiger partial charge < -0.3 is 10.0 Å². The second-order valence-electron chi connectivity index (χ2n) is 5.48. The van der Waals surface area contributed by atoms with Gasteiger partial charge in [-0.25, -0.2) is 4.98 Å². The lowest BCUT2D eigenvalue weighted by Crippen LogP contribution is -2.16. The van der Waals surface area contributed by atoms with Crippen LogP contribution in [0.25, 0.3) is 10.9 Å². The van der Waals surface area contributed by atoms with Crippen LogP contribution >= 0.6 is 34.2 Å².